The van der Waals surface area contributed by atoms with E-state index in [9.17, 15) is 4.79 Å². The van der Waals surface area contributed by atoms with Gasteiger partial charge in [0.2, 0.25) is 0 Å². The molecule has 0 saturated heterocycles. The number of carbonyl (C=O) groups is 1. The van der Waals surface area contributed by atoms with Crippen molar-refractivity contribution in [1.82, 2.24) is 0 Å². The van der Waals surface area contributed by atoms with Gasteiger partial charge >= 0.3 is 5.97 Å². The number of carbonyl (C=O) groups excluding carboxylic acids is 1. The van der Waals surface area contributed by atoms with Crippen LogP contribution in [0.3, 0.4) is 0 Å². The third-order valence-corrected chi connectivity index (χ3v) is 3.62. The maximum Gasteiger partial charge on any atom is 0.340 e. The summed E-state index contributed by atoms with van der Waals surface area (Å²) in [5.74, 6) is 0.292. The lowest BCUT2D eigenvalue weighted by atomic mass is 9.96. The maximum absolute atomic E-state index is 11.9. The highest BCUT2D eigenvalue weighted by molar-refractivity contribution is 9.10. The van der Waals surface area contributed by atoms with Gasteiger partial charge in [-0.3, -0.25) is 0 Å². The number of rotatable bonds is 3. The van der Waals surface area contributed by atoms with Gasteiger partial charge in [0.05, 0.1) is 20.3 Å². The first-order valence-corrected chi connectivity index (χ1v) is 6.61. The van der Waals surface area contributed by atoms with Gasteiger partial charge in [0.25, 0.3) is 0 Å². The maximum atomic E-state index is 11.9. The number of halogens is 1. The van der Waals surface area contributed by atoms with Gasteiger partial charge in [-0.15, -0.1) is 0 Å². The molecule has 1 atom stereocenters. The lowest BCUT2D eigenvalue weighted by molar-refractivity contribution is -0.158. The molecule has 18 heavy (non-hydrogen) atoms. The molecule has 2 rings (SSSR count). The molecule has 1 aromatic rings. The summed E-state index contributed by atoms with van der Waals surface area (Å²) in [7, 11) is 1.58. The minimum Gasteiger partial charge on any atom is -0.496 e. The molecule has 0 aromatic heterocycles. The molecule has 0 radical (unpaired) electrons. The second kappa shape index (κ2) is 5.71. The first-order valence-electron chi connectivity index (χ1n) is 5.82. The third-order valence-electron chi connectivity index (χ3n) is 2.88. The van der Waals surface area contributed by atoms with Crippen LogP contribution in [0.25, 0.3) is 0 Å². The Balaban J connectivity index is 2.46. The monoisotopic (exact) mass is 314 g/mol. The van der Waals surface area contributed by atoms with Crippen molar-refractivity contribution in [3.05, 3.63) is 27.7 Å². The molecule has 0 aliphatic carbocycles. The van der Waals surface area contributed by atoms with Crippen LogP contribution in [0.1, 0.15) is 24.2 Å². The molecular formula is C13H15BrO4. The molecule has 98 valence electrons. The van der Waals surface area contributed by atoms with Crippen LogP contribution >= 0.6 is 15.9 Å². The molecule has 1 aromatic carbocycles. The highest BCUT2D eigenvalue weighted by atomic mass is 79.9. The minimum atomic E-state index is -0.693. The predicted molar refractivity (Wildman–Crippen MR) is 69.7 cm³/mol. The Kier molecular flexibility index (Phi) is 4.24. The van der Waals surface area contributed by atoms with E-state index in [0.29, 0.717) is 19.0 Å². The normalized spacial score (nSPS) is 18.1. The fourth-order valence-electron chi connectivity index (χ4n) is 2.10. The minimum absolute atomic E-state index is 0.338. The van der Waals surface area contributed by atoms with Crippen molar-refractivity contribution in [2.75, 3.05) is 20.3 Å². The number of hydrogen-bond donors (Lipinski definition) is 0. The molecule has 4 nitrogen and oxygen atoms in total. The van der Waals surface area contributed by atoms with E-state index in [2.05, 4.69) is 15.9 Å². The van der Waals surface area contributed by atoms with E-state index >= 15 is 0 Å². The van der Waals surface area contributed by atoms with E-state index in [1.807, 2.05) is 12.1 Å². The van der Waals surface area contributed by atoms with Gasteiger partial charge in [0.1, 0.15) is 5.75 Å². The zero-order valence-corrected chi connectivity index (χ0v) is 12.0. The molecule has 0 spiro atoms. The Bertz CT molecular complexity index is 459. The van der Waals surface area contributed by atoms with Crippen LogP contribution < -0.4 is 4.74 Å². The molecule has 1 unspecified atom stereocenters. The Morgan fingerprint density at radius 1 is 1.56 bits per heavy atom. The van der Waals surface area contributed by atoms with Crippen LogP contribution in [-0.4, -0.2) is 26.3 Å². The van der Waals surface area contributed by atoms with Crippen molar-refractivity contribution in [2.45, 2.75) is 19.4 Å². The van der Waals surface area contributed by atoms with Gasteiger partial charge in [-0.1, -0.05) is 15.9 Å². The predicted octanol–water partition coefficient (Wildman–Crippen LogP) is 2.63. The zero-order chi connectivity index (χ0) is 13.1. The molecule has 1 aliphatic heterocycles. The summed E-state index contributed by atoms with van der Waals surface area (Å²) in [5.41, 5.74) is 1.83. The molecule has 0 bridgehead atoms. The molecule has 1 heterocycles. The van der Waals surface area contributed by atoms with Gasteiger partial charge in [0.15, 0.2) is 6.10 Å². The lowest BCUT2D eigenvalue weighted by Gasteiger charge is -2.27. The topological polar surface area (TPSA) is 44.8 Å². The van der Waals surface area contributed by atoms with Crippen molar-refractivity contribution >= 4 is 21.9 Å². The van der Waals surface area contributed by atoms with E-state index in [4.69, 9.17) is 14.2 Å². The quantitative estimate of drug-likeness (QED) is 0.805. The molecule has 0 amide bonds. The van der Waals surface area contributed by atoms with Crippen LogP contribution in [-0.2, 0) is 20.7 Å². The number of hydrogen-bond acceptors (Lipinski definition) is 4. The SMILES string of the molecule is CCOC(=O)C1OCCc2c(Br)ccc(OC)c21. The first-order chi connectivity index (χ1) is 8.69. The van der Waals surface area contributed by atoms with Crippen LogP contribution in [0.5, 0.6) is 5.75 Å². The number of fused-ring (bicyclic) bond motifs is 1. The van der Waals surface area contributed by atoms with Crippen LogP contribution in [0.4, 0.5) is 0 Å². The molecule has 0 fully saturated rings. The highest BCUT2D eigenvalue weighted by Gasteiger charge is 2.32. The summed E-state index contributed by atoms with van der Waals surface area (Å²) in [6.07, 6.45) is 0.0596. The summed E-state index contributed by atoms with van der Waals surface area (Å²) in [4.78, 5) is 11.9. The van der Waals surface area contributed by atoms with E-state index in [1.54, 1.807) is 14.0 Å². The Labute approximate surface area is 114 Å². The Morgan fingerprint density at radius 3 is 3.00 bits per heavy atom. The van der Waals surface area contributed by atoms with Gasteiger partial charge in [-0.25, -0.2) is 4.79 Å². The van der Waals surface area contributed by atoms with Crippen LogP contribution in [0, 0.1) is 0 Å². The lowest BCUT2D eigenvalue weighted by Crippen LogP contribution is -2.26. The van der Waals surface area contributed by atoms with Crippen molar-refractivity contribution < 1.29 is 19.0 Å². The summed E-state index contributed by atoms with van der Waals surface area (Å²) in [6.45, 7) is 2.62. The summed E-state index contributed by atoms with van der Waals surface area (Å²) in [6, 6.07) is 3.75. The van der Waals surface area contributed by atoms with Gasteiger partial charge < -0.3 is 14.2 Å². The van der Waals surface area contributed by atoms with Crippen molar-refractivity contribution in [3.8, 4) is 5.75 Å². The summed E-state index contributed by atoms with van der Waals surface area (Å²) < 4.78 is 16.9. The number of esters is 1. The van der Waals surface area contributed by atoms with Crippen molar-refractivity contribution in [2.24, 2.45) is 0 Å². The summed E-state index contributed by atoms with van der Waals surface area (Å²) in [5, 5.41) is 0. The third kappa shape index (κ3) is 2.37. The van der Waals surface area contributed by atoms with E-state index in [1.165, 1.54) is 0 Å². The average molecular weight is 315 g/mol. The van der Waals surface area contributed by atoms with Gasteiger partial charge in [-0.05, 0) is 31.0 Å². The number of benzene rings is 1. The zero-order valence-electron chi connectivity index (χ0n) is 10.4. The second-order valence-electron chi connectivity index (χ2n) is 3.89. The van der Waals surface area contributed by atoms with E-state index in [0.717, 1.165) is 22.0 Å². The fraction of sp³-hybridized carbons (Fsp3) is 0.462. The van der Waals surface area contributed by atoms with Crippen molar-refractivity contribution in [1.29, 1.82) is 0 Å². The second-order valence-corrected chi connectivity index (χ2v) is 4.75. The van der Waals surface area contributed by atoms with Crippen LogP contribution in [0.2, 0.25) is 0 Å². The Hall–Kier alpha value is -1.07. The first kappa shape index (κ1) is 13.4. The highest BCUT2D eigenvalue weighted by Crippen LogP contribution is 2.39. The average Bonchev–Trinajstić information content (AvgIpc) is 2.39. The van der Waals surface area contributed by atoms with Crippen molar-refractivity contribution in [3.63, 3.8) is 0 Å². The van der Waals surface area contributed by atoms with Gasteiger partial charge in [0, 0.05) is 10.0 Å². The van der Waals surface area contributed by atoms with E-state index in [-0.39, 0.29) is 5.97 Å². The Morgan fingerprint density at radius 2 is 2.33 bits per heavy atom. The standard InChI is InChI=1S/C13H15BrO4/c1-3-17-13(15)12-11-8(6-7-18-12)9(14)4-5-10(11)16-2/h4-5,12H,3,6-7H2,1-2H3. The molecule has 0 saturated carbocycles. The molecule has 1 aliphatic rings. The van der Waals surface area contributed by atoms with Crippen LogP contribution in [0.15, 0.2) is 16.6 Å². The van der Waals surface area contributed by atoms with Gasteiger partial charge in [-0.2, -0.15) is 0 Å². The van der Waals surface area contributed by atoms with E-state index < -0.39 is 6.10 Å². The molecular weight excluding hydrogens is 300 g/mol. The summed E-state index contributed by atoms with van der Waals surface area (Å²) >= 11 is 3.50. The largest absolute Gasteiger partial charge is 0.496 e. The number of ether oxygens (including phenoxy) is 3. The fourth-order valence-corrected chi connectivity index (χ4v) is 2.65. The molecule has 0 N–H and O–H groups in total. The number of methoxy groups -OCH3 is 1. The smallest absolute Gasteiger partial charge is 0.340 e. The molecule has 5 heteroatoms.